The van der Waals surface area contributed by atoms with Crippen LogP contribution in [0.2, 0.25) is 0 Å². The number of benzene rings is 1. The van der Waals surface area contributed by atoms with Crippen molar-refractivity contribution in [3.8, 4) is 0 Å². The Labute approximate surface area is 144 Å². The first-order chi connectivity index (χ1) is 11.7. The van der Waals surface area contributed by atoms with Crippen LogP contribution in [0, 0.1) is 0 Å². The summed E-state index contributed by atoms with van der Waals surface area (Å²) in [6.07, 6.45) is 5.21. The molecule has 1 atom stereocenters. The lowest BCUT2D eigenvalue weighted by atomic mass is 10.1. The maximum atomic E-state index is 12.7. The largest absolute Gasteiger partial charge is 0.331 e. The Kier molecular flexibility index (Phi) is 7.25. The molecule has 1 aliphatic heterocycles. The van der Waals surface area contributed by atoms with Gasteiger partial charge >= 0.3 is 0 Å². The number of carbonyl (C=O) groups is 2. The maximum Gasteiger partial charge on any atom is 0.249 e. The van der Waals surface area contributed by atoms with Gasteiger partial charge in [-0.1, -0.05) is 31.0 Å². The van der Waals surface area contributed by atoms with E-state index in [1.54, 1.807) is 9.80 Å². The molecule has 1 fully saturated rings. The van der Waals surface area contributed by atoms with E-state index in [4.69, 9.17) is 5.73 Å². The number of hydrogen-bond acceptors (Lipinski definition) is 3. The Bertz CT molecular complexity index is 533. The quantitative estimate of drug-likeness (QED) is 0.707. The van der Waals surface area contributed by atoms with E-state index < -0.39 is 0 Å². The maximum absolute atomic E-state index is 12.7. The van der Waals surface area contributed by atoms with Crippen LogP contribution < -0.4 is 10.6 Å². The van der Waals surface area contributed by atoms with Crippen LogP contribution in [0.3, 0.4) is 0 Å². The van der Waals surface area contributed by atoms with Crippen LogP contribution in [-0.4, -0.2) is 42.4 Å². The minimum Gasteiger partial charge on any atom is -0.331 e. The molecule has 2 N–H and O–H groups in total. The number of carbonyl (C=O) groups excluding carboxylic acids is 2. The Balaban J connectivity index is 1.91. The van der Waals surface area contributed by atoms with E-state index >= 15 is 0 Å². The number of likely N-dealkylation sites (N-methyl/N-ethyl adjacent to an activating group) is 1. The lowest BCUT2D eigenvalue weighted by molar-refractivity contribution is -0.138. The standard InChI is InChI=1S/C19H29N3O2/c1-2-21(18(23)12-8-3-4-9-14-20)17-13-15-22(19(17)24)16-10-6-5-7-11-16/h5-7,10-11,17H,2-4,8-9,12-15,20H2,1H3. The molecule has 0 aliphatic carbocycles. The third kappa shape index (κ3) is 4.57. The molecule has 1 saturated heterocycles. The average molecular weight is 331 g/mol. The second-order valence-electron chi connectivity index (χ2n) is 6.26. The molecule has 1 aliphatic rings. The zero-order valence-corrected chi connectivity index (χ0v) is 14.6. The highest BCUT2D eigenvalue weighted by Crippen LogP contribution is 2.24. The molecule has 0 bridgehead atoms. The first-order valence-corrected chi connectivity index (χ1v) is 9.05. The molecule has 1 aromatic carbocycles. The molecule has 1 heterocycles. The molecule has 0 spiro atoms. The van der Waals surface area contributed by atoms with E-state index in [2.05, 4.69) is 0 Å². The van der Waals surface area contributed by atoms with E-state index in [9.17, 15) is 9.59 Å². The molecule has 0 radical (unpaired) electrons. The van der Waals surface area contributed by atoms with Crippen LogP contribution in [0.5, 0.6) is 0 Å². The van der Waals surface area contributed by atoms with Crippen LogP contribution in [0.1, 0.15) is 45.4 Å². The van der Waals surface area contributed by atoms with Crippen molar-refractivity contribution < 1.29 is 9.59 Å². The zero-order valence-electron chi connectivity index (χ0n) is 14.6. The average Bonchev–Trinajstić information content (AvgIpc) is 2.98. The Morgan fingerprint density at radius 2 is 1.92 bits per heavy atom. The molecule has 1 unspecified atom stereocenters. The highest BCUT2D eigenvalue weighted by atomic mass is 16.2. The summed E-state index contributed by atoms with van der Waals surface area (Å²) in [4.78, 5) is 28.8. The molecular weight excluding hydrogens is 302 g/mol. The number of unbranched alkanes of at least 4 members (excludes halogenated alkanes) is 3. The minimum atomic E-state index is -0.313. The van der Waals surface area contributed by atoms with Gasteiger partial charge in [-0.15, -0.1) is 0 Å². The summed E-state index contributed by atoms with van der Waals surface area (Å²) in [5.41, 5.74) is 6.39. The molecule has 1 aromatic rings. The van der Waals surface area contributed by atoms with Gasteiger partial charge in [-0.05, 0) is 44.9 Å². The number of anilines is 1. The summed E-state index contributed by atoms with van der Waals surface area (Å²) < 4.78 is 0. The fourth-order valence-corrected chi connectivity index (χ4v) is 3.31. The first-order valence-electron chi connectivity index (χ1n) is 9.05. The zero-order chi connectivity index (χ0) is 17.4. The monoisotopic (exact) mass is 331 g/mol. The fourth-order valence-electron chi connectivity index (χ4n) is 3.31. The van der Waals surface area contributed by atoms with Gasteiger partial charge in [-0.25, -0.2) is 0 Å². The highest BCUT2D eigenvalue weighted by Gasteiger charge is 2.37. The van der Waals surface area contributed by atoms with Gasteiger partial charge in [0.15, 0.2) is 0 Å². The summed E-state index contributed by atoms with van der Waals surface area (Å²) in [6.45, 7) is 3.92. The number of rotatable bonds is 9. The van der Waals surface area contributed by atoms with Crippen LogP contribution in [0.15, 0.2) is 30.3 Å². The topological polar surface area (TPSA) is 66.6 Å². The molecule has 2 amide bonds. The van der Waals surface area contributed by atoms with Crippen LogP contribution in [0.4, 0.5) is 5.69 Å². The highest BCUT2D eigenvalue weighted by molar-refractivity contribution is 6.01. The molecule has 2 rings (SSSR count). The second-order valence-corrected chi connectivity index (χ2v) is 6.26. The number of nitrogens with zero attached hydrogens (tertiary/aromatic N) is 2. The molecule has 5 heteroatoms. The van der Waals surface area contributed by atoms with E-state index in [0.29, 0.717) is 32.5 Å². The number of nitrogens with two attached hydrogens (primary N) is 1. The van der Waals surface area contributed by atoms with Gasteiger partial charge in [-0.2, -0.15) is 0 Å². The lowest BCUT2D eigenvalue weighted by Gasteiger charge is -2.27. The SMILES string of the molecule is CCN(C(=O)CCCCCCN)C1CCN(c2ccccc2)C1=O. The fraction of sp³-hybridized carbons (Fsp3) is 0.579. The van der Waals surface area contributed by atoms with Crippen LogP contribution >= 0.6 is 0 Å². The third-order valence-corrected chi connectivity index (χ3v) is 4.63. The molecule has 5 nitrogen and oxygen atoms in total. The Hall–Kier alpha value is -1.88. The smallest absolute Gasteiger partial charge is 0.249 e. The van der Waals surface area contributed by atoms with Gasteiger partial charge in [-0.3, -0.25) is 9.59 Å². The van der Waals surface area contributed by atoms with Crippen molar-refractivity contribution in [2.24, 2.45) is 5.73 Å². The first kappa shape index (κ1) is 18.5. The lowest BCUT2D eigenvalue weighted by Crippen LogP contribution is -2.45. The van der Waals surface area contributed by atoms with Crippen molar-refractivity contribution in [1.82, 2.24) is 4.90 Å². The van der Waals surface area contributed by atoms with E-state index in [1.165, 1.54) is 0 Å². The van der Waals surface area contributed by atoms with E-state index in [1.807, 2.05) is 37.3 Å². The van der Waals surface area contributed by atoms with Gasteiger partial charge in [0.25, 0.3) is 0 Å². The van der Waals surface area contributed by atoms with Crippen molar-refractivity contribution in [3.05, 3.63) is 30.3 Å². The summed E-state index contributed by atoms with van der Waals surface area (Å²) in [7, 11) is 0. The van der Waals surface area contributed by atoms with Crippen molar-refractivity contribution in [2.45, 2.75) is 51.5 Å². The molecule has 132 valence electrons. The summed E-state index contributed by atoms with van der Waals surface area (Å²) in [5, 5.41) is 0. The third-order valence-electron chi connectivity index (χ3n) is 4.63. The van der Waals surface area contributed by atoms with Gasteiger partial charge in [0.1, 0.15) is 6.04 Å². The van der Waals surface area contributed by atoms with Crippen molar-refractivity contribution in [2.75, 3.05) is 24.5 Å². The van der Waals surface area contributed by atoms with Crippen molar-refractivity contribution >= 4 is 17.5 Å². The summed E-state index contributed by atoms with van der Waals surface area (Å²) >= 11 is 0. The molecule has 0 aromatic heterocycles. The minimum absolute atomic E-state index is 0.0412. The summed E-state index contributed by atoms with van der Waals surface area (Å²) in [6, 6.07) is 9.37. The predicted molar refractivity (Wildman–Crippen MR) is 96.7 cm³/mol. The van der Waals surface area contributed by atoms with E-state index in [-0.39, 0.29) is 17.9 Å². The van der Waals surface area contributed by atoms with Gasteiger partial charge in [0.05, 0.1) is 0 Å². The van der Waals surface area contributed by atoms with Crippen LogP contribution in [-0.2, 0) is 9.59 Å². The van der Waals surface area contributed by atoms with E-state index in [0.717, 1.165) is 31.4 Å². The van der Waals surface area contributed by atoms with Crippen LogP contribution in [0.25, 0.3) is 0 Å². The normalized spacial score (nSPS) is 17.3. The molecular formula is C19H29N3O2. The Morgan fingerprint density at radius 1 is 1.21 bits per heavy atom. The van der Waals surface area contributed by atoms with Gasteiger partial charge in [0, 0.05) is 25.2 Å². The molecule has 24 heavy (non-hydrogen) atoms. The summed E-state index contributed by atoms with van der Waals surface area (Å²) in [5.74, 6) is 0.137. The molecule has 0 saturated carbocycles. The number of amides is 2. The van der Waals surface area contributed by atoms with Gasteiger partial charge in [0.2, 0.25) is 11.8 Å². The predicted octanol–water partition coefficient (Wildman–Crippen LogP) is 2.55. The number of hydrogen-bond donors (Lipinski definition) is 1. The van der Waals surface area contributed by atoms with Gasteiger partial charge < -0.3 is 15.5 Å². The van der Waals surface area contributed by atoms with Crippen molar-refractivity contribution in [3.63, 3.8) is 0 Å². The second kappa shape index (κ2) is 9.42. The van der Waals surface area contributed by atoms with Crippen molar-refractivity contribution in [1.29, 1.82) is 0 Å². The Morgan fingerprint density at radius 3 is 2.58 bits per heavy atom. The number of para-hydroxylation sites is 1.